The lowest BCUT2D eigenvalue weighted by Gasteiger charge is -2.36. The fraction of sp³-hybridized carbons (Fsp3) is 0.769. The summed E-state index contributed by atoms with van der Waals surface area (Å²) in [4.78, 5) is 11.5. The molecule has 0 N–H and O–H groups in total. The van der Waals surface area contributed by atoms with Crippen molar-refractivity contribution >= 4 is 17.7 Å². The van der Waals surface area contributed by atoms with Crippen molar-refractivity contribution in [3.63, 3.8) is 0 Å². The van der Waals surface area contributed by atoms with Gasteiger partial charge in [-0.05, 0) is 19.8 Å². The van der Waals surface area contributed by atoms with Crippen LogP contribution in [0.25, 0.3) is 0 Å². The number of esters is 1. The zero-order valence-electron chi connectivity index (χ0n) is 11.9. The molecule has 2 saturated heterocycles. The zero-order chi connectivity index (χ0) is 14.7. The summed E-state index contributed by atoms with van der Waals surface area (Å²) in [6.45, 7) is 4.13. The van der Waals surface area contributed by atoms with Gasteiger partial charge in [-0.3, -0.25) is 0 Å². The van der Waals surface area contributed by atoms with Crippen molar-refractivity contribution in [1.82, 2.24) is 10.2 Å². The molecule has 3 rings (SSSR count). The van der Waals surface area contributed by atoms with Gasteiger partial charge in [-0.1, -0.05) is 16.9 Å². The normalized spacial score (nSPS) is 28.9. The van der Waals surface area contributed by atoms with Crippen LogP contribution in [-0.2, 0) is 14.2 Å². The van der Waals surface area contributed by atoms with E-state index >= 15 is 0 Å². The SMILES string of the molecule is CCOC(=O)c1nnc(SC2CCOC3(CCOC3)C2)o1. The van der Waals surface area contributed by atoms with Crippen molar-refractivity contribution in [2.24, 2.45) is 0 Å². The number of nitrogens with zero attached hydrogens (tertiary/aromatic N) is 2. The molecule has 0 radical (unpaired) electrons. The summed E-state index contributed by atoms with van der Waals surface area (Å²) in [5.41, 5.74) is -0.153. The van der Waals surface area contributed by atoms with E-state index in [1.54, 1.807) is 6.92 Å². The van der Waals surface area contributed by atoms with Crippen LogP contribution in [0.1, 0.15) is 36.9 Å². The van der Waals surface area contributed by atoms with E-state index in [1.807, 2.05) is 0 Å². The van der Waals surface area contributed by atoms with Crippen molar-refractivity contribution in [2.45, 2.75) is 42.3 Å². The lowest BCUT2D eigenvalue weighted by molar-refractivity contribution is -0.0770. The van der Waals surface area contributed by atoms with Crippen LogP contribution in [0, 0.1) is 0 Å². The number of hydrogen-bond acceptors (Lipinski definition) is 8. The third-order valence-corrected chi connectivity index (χ3v) is 4.74. The molecule has 0 saturated carbocycles. The van der Waals surface area contributed by atoms with Crippen LogP contribution in [0.5, 0.6) is 0 Å². The largest absolute Gasteiger partial charge is 0.459 e. The molecule has 21 heavy (non-hydrogen) atoms. The molecule has 0 aliphatic carbocycles. The summed E-state index contributed by atoms with van der Waals surface area (Å²) in [5, 5.41) is 8.35. The second kappa shape index (κ2) is 6.33. The molecule has 2 atom stereocenters. The smallest absolute Gasteiger partial charge is 0.396 e. The summed E-state index contributed by atoms with van der Waals surface area (Å²) in [6, 6.07) is 0. The third-order valence-electron chi connectivity index (χ3n) is 3.64. The minimum Gasteiger partial charge on any atom is -0.459 e. The van der Waals surface area contributed by atoms with E-state index in [2.05, 4.69) is 10.2 Å². The zero-order valence-corrected chi connectivity index (χ0v) is 12.7. The highest BCUT2D eigenvalue weighted by atomic mass is 32.2. The highest BCUT2D eigenvalue weighted by Gasteiger charge is 2.41. The number of carbonyl (C=O) groups excluding carboxylic acids is 1. The van der Waals surface area contributed by atoms with Crippen LogP contribution in [0.3, 0.4) is 0 Å². The maximum Gasteiger partial charge on any atom is 0.396 e. The molecule has 116 valence electrons. The Hall–Kier alpha value is -1.12. The molecule has 3 heterocycles. The Balaban J connectivity index is 1.60. The second-order valence-corrected chi connectivity index (χ2v) is 6.41. The first kappa shape index (κ1) is 14.8. The van der Waals surface area contributed by atoms with Crippen LogP contribution in [-0.4, -0.2) is 53.4 Å². The first-order valence-electron chi connectivity index (χ1n) is 7.10. The summed E-state index contributed by atoms with van der Waals surface area (Å²) in [6.07, 6.45) is 2.75. The van der Waals surface area contributed by atoms with Crippen LogP contribution < -0.4 is 0 Å². The molecular formula is C13H18N2O5S. The van der Waals surface area contributed by atoms with Crippen molar-refractivity contribution in [2.75, 3.05) is 26.4 Å². The maximum atomic E-state index is 11.5. The van der Waals surface area contributed by atoms with E-state index in [-0.39, 0.29) is 18.1 Å². The van der Waals surface area contributed by atoms with Crippen molar-refractivity contribution in [3.05, 3.63) is 5.89 Å². The quantitative estimate of drug-likeness (QED) is 0.776. The monoisotopic (exact) mass is 314 g/mol. The van der Waals surface area contributed by atoms with Gasteiger partial charge in [-0.2, -0.15) is 0 Å². The molecule has 0 bridgehead atoms. The summed E-state index contributed by atoms with van der Waals surface area (Å²) >= 11 is 1.50. The van der Waals surface area contributed by atoms with Gasteiger partial charge in [0.25, 0.3) is 5.22 Å². The molecule has 0 aromatic carbocycles. The first-order valence-corrected chi connectivity index (χ1v) is 7.98. The highest BCUT2D eigenvalue weighted by Crippen LogP contribution is 2.39. The minimum atomic E-state index is -0.579. The number of rotatable bonds is 4. The molecule has 2 aliphatic rings. The Kier molecular flexibility index (Phi) is 4.46. The number of carbonyl (C=O) groups is 1. The molecule has 1 spiro atoms. The van der Waals surface area contributed by atoms with Crippen LogP contribution in [0.2, 0.25) is 0 Å². The highest BCUT2D eigenvalue weighted by molar-refractivity contribution is 7.99. The molecule has 1 aromatic heterocycles. The van der Waals surface area contributed by atoms with Crippen LogP contribution in [0.4, 0.5) is 0 Å². The molecule has 2 unspecified atom stereocenters. The average molecular weight is 314 g/mol. The summed E-state index contributed by atoms with van der Waals surface area (Å²) in [5.74, 6) is -0.671. The lowest BCUT2D eigenvalue weighted by Crippen LogP contribution is -2.41. The average Bonchev–Trinajstić information content (AvgIpc) is 3.10. The molecule has 8 heteroatoms. The van der Waals surface area contributed by atoms with E-state index in [0.29, 0.717) is 23.7 Å². The standard InChI is InChI=1S/C13H18N2O5S/c1-2-18-11(16)10-14-15-12(20-10)21-9-3-5-19-13(7-9)4-6-17-8-13/h9H,2-8H2,1H3. The fourth-order valence-electron chi connectivity index (χ4n) is 2.62. The number of thioether (sulfide) groups is 1. The van der Waals surface area contributed by atoms with Gasteiger partial charge in [0.1, 0.15) is 0 Å². The van der Waals surface area contributed by atoms with Gasteiger partial charge in [0.15, 0.2) is 0 Å². The van der Waals surface area contributed by atoms with Gasteiger partial charge in [-0.15, -0.1) is 5.10 Å². The summed E-state index contributed by atoms with van der Waals surface area (Å²) in [7, 11) is 0. The third kappa shape index (κ3) is 3.38. The van der Waals surface area contributed by atoms with Crippen molar-refractivity contribution < 1.29 is 23.4 Å². The molecular weight excluding hydrogens is 296 g/mol. The molecule has 1 aromatic rings. The molecule has 0 amide bonds. The number of ether oxygens (including phenoxy) is 3. The molecule has 2 fully saturated rings. The number of aromatic nitrogens is 2. The molecule has 2 aliphatic heterocycles. The number of hydrogen-bond donors (Lipinski definition) is 0. The van der Waals surface area contributed by atoms with E-state index in [0.717, 1.165) is 25.9 Å². The van der Waals surface area contributed by atoms with E-state index in [1.165, 1.54) is 11.8 Å². The molecule has 7 nitrogen and oxygen atoms in total. The topological polar surface area (TPSA) is 83.7 Å². The van der Waals surface area contributed by atoms with Gasteiger partial charge in [-0.25, -0.2) is 4.79 Å². The predicted molar refractivity (Wildman–Crippen MR) is 73.3 cm³/mol. The van der Waals surface area contributed by atoms with Gasteiger partial charge >= 0.3 is 11.9 Å². The predicted octanol–water partition coefficient (Wildman–Crippen LogP) is 1.68. The first-order chi connectivity index (χ1) is 10.2. The fourth-order valence-corrected chi connectivity index (χ4v) is 3.72. The van der Waals surface area contributed by atoms with Gasteiger partial charge < -0.3 is 18.6 Å². The van der Waals surface area contributed by atoms with Crippen LogP contribution in [0.15, 0.2) is 9.64 Å². The van der Waals surface area contributed by atoms with Gasteiger partial charge in [0.2, 0.25) is 0 Å². The van der Waals surface area contributed by atoms with E-state index < -0.39 is 5.97 Å². The van der Waals surface area contributed by atoms with E-state index in [9.17, 15) is 4.79 Å². The Bertz CT molecular complexity index is 501. The van der Waals surface area contributed by atoms with Crippen LogP contribution >= 0.6 is 11.8 Å². The maximum absolute atomic E-state index is 11.5. The minimum absolute atomic E-state index is 0.0923. The summed E-state index contributed by atoms with van der Waals surface area (Å²) < 4.78 is 21.5. The Morgan fingerprint density at radius 2 is 2.38 bits per heavy atom. The van der Waals surface area contributed by atoms with Crippen molar-refractivity contribution in [3.8, 4) is 0 Å². The Morgan fingerprint density at radius 3 is 3.14 bits per heavy atom. The Morgan fingerprint density at radius 1 is 1.48 bits per heavy atom. The van der Waals surface area contributed by atoms with E-state index in [4.69, 9.17) is 18.6 Å². The van der Waals surface area contributed by atoms with Gasteiger partial charge in [0.05, 0.1) is 18.8 Å². The van der Waals surface area contributed by atoms with Gasteiger partial charge in [0, 0.05) is 24.9 Å². The lowest BCUT2D eigenvalue weighted by atomic mass is 9.93. The van der Waals surface area contributed by atoms with Crippen molar-refractivity contribution in [1.29, 1.82) is 0 Å². The Labute approximate surface area is 126 Å². The second-order valence-electron chi connectivity index (χ2n) is 5.16.